The molecule has 2 heterocycles. The van der Waals surface area contributed by atoms with Crippen LogP contribution >= 0.6 is 0 Å². The van der Waals surface area contributed by atoms with E-state index in [9.17, 15) is 14.0 Å². The molecule has 1 amide bonds. The molecule has 0 aliphatic carbocycles. The summed E-state index contributed by atoms with van der Waals surface area (Å²) < 4.78 is 14.4. The summed E-state index contributed by atoms with van der Waals surface area (Å²) in [7, 11) is 0. The van der Waals surface area contributed by atoms with Gasteiger partial charge in [-0.3, -0.25) is 9.59 Å². The summed E-state index contributed by atoms with van der Waals surface area (Å²) in [6, 6.07) is 12.1. The zero-order valence-electron chi connectivity index (χ0n) is 17.1. The zero-order chi connectivity index (χ0) is 21.3. The van der Waals surface area contributed by atoms with E-state index in [0.717, 1.165) is 17.5 Å². The Morgan fingerprint density at radius 3 is 2.70 bits per heavy atom. The Bertz CT molecular complexity index is 1140. The molecule has 4 rings (SSSR count). The molecule has 2 aromatic carbocycles. The van der Waals surface area contributed by atoms with Crippen LogP contribution in [0.1, 0.15) is 35.5 Å². The van der Waals surface area contributed by atoms with Gasteiger partial charge in [0.05, 0.1) is 16.6 Å². The van der Waals surface area contributed by atoms with E-state index < -0.39 is 5.82 Å². The van der Waals surface area contributed by atoms with Crippen molar-refractivity contribution >= 4 is 16.7 Å². The molecule has 7 heteroatoms. The maximum atomic E-state index is 14.4. The van der Waals surface area contributed by atoms with Crippen LogP contribution in [0.3, 0.4) is 0 Å². The number of nitrogens with one attached hydrogen (secondary N) is 2. The molecule has 156 valence electrons. The van der Waals surface area contributed by atoms with E-state index in [1.807, 2.05) is 12.1 Å². The van der Waals surface area contributed by atoms with Crippen LogP contribution in [0.15, 0.2) is 47.3 Å². The van der Waals surface area contributed by atoms with Crippen LogP contribution in [-0.4, -0.2) is 46.7 Å². The molecule has 6 nitrogen and oxygen atoms in total. The van der Waals surface area contributed by atoms with Crippen molar-refractivity contribution in [1.82, 2.24) is 20.4 Å². The number of H-pyrrole nitrogens is 1. The van der Waals surface area contributed by atoms with E-state index in [4.69, 9.17) is 0 Å². The van der Waals surface area contributed by atoms with Crippen LogP contribution in [-0.2, 0) is 6.42 Å². The van der Waals surface area contributed by atoms with Crippen molar-refractivity contribution in [3.8, 4) is 0 Å². The Morgan fingerprint density at radius 2 is 1.97 bits per heavy atom. The van der Waals surface area contributed by atoms with Crippen LogP contribution in [0.2, 0.25) is 0 Å². The molecule has 2 N–H and O–H groups in total. The Labute approximate surface area is 174 Å². The quantitative estimate of drug-likeness (QED) is 0.658. The fourth-order valence-electron chi connectivity index (χ4n) is 3.69. The lowest BCUT2D eigenvalue weighted by Gasteiger charge is -2.40. The van der Waals surface area contributed by atoms with Gasteiger partial charge >= 0.3 is 0 Å². The van der Waals surface area contributed by atoms with Gasteiger partial charge in [0, 0.05) is 30.9 Å². The predicted octanol–water partition coefficient (Wildman–Crippen LogP) is 2.72. The van der Waals surface area contributed by atoms with Crippen molar-refractivity contribution in [3.63, 3.8) is 0 Å². The number of carbonyl (C=O) groups is 1. The highest BCUT2D eigenvalue weighted by molar-refractivity contribution is 5.95. The summed E-state index contributed by atoms with van der Waals surface area (Å²) in [6.45, 7) is 6.34. The molecule has 0 atom stereocenters. The molecular weight excluding hydrogens is 383 g/mol. The maximum absolute atomic E-state index is 14.4. The third kappa shape index (κ3) is 4.11. The fraction of sp³-hybridized carbons (Fsp3) is 0.348. The molecule has 3 aromatic rings. The molecule has 0 spiro atoms. The molecule has 0 unspecified atom stereocenters. The number of rotatable bonds is 6. The van der Waals surface area contributed by atoms with Crippen molar-refractivity contribution in [3.05, 3.63) is 75.5 Å². The van der Waals surface area contributed by atoms with Crippen LogP contribution < -0.4 is 10.9 Å². The number of halogens is 1. The fourth-order valence-corrected chi connectivity index (χ4v) is 3.69. The first kappa shape index (κ1) is 20.2. The highest BCUT2D eigenvalue weighted by Gasteiger charge is 2.32. The third-order valence-electron chi connectivity index (χ3n) is 5.39. The summed E-state index contributed by atoms with van der Waals surface area (Å²) in [5, 5.41) is 11.4. The number of carbonyl (C=O) groups excluding carboxylic acids is 1. The molecule has 30 heavy (non-hydrogen) atoms. The van der Waals surface area contributed by atoms with Gasteiger partial charge in [0.1, 0.15) is 5.82 Å². The lowest BCUT2D eigenvalue weighted by atomic mass is 10.0. The lowest BCUT2D eigenvalue weighted by molar-refractivity contribution is 0.0559. The average Bonchev–Trinajstić information content (AvgIpc) is 2.70. The van der Waals surface area contributed by atoms with E-state index >= 15 is 0 Å². The summed E-state index contributed by atoms with van der Waals surface area (Å²) >= 11 is 0. The number of benzene rings is 2. The molecule has 0 saturated carbocycles. The first-order chi connectivity index (χ1) is 14.4. The average molecular weight is 408 g/mol. The van der Waals surface area contributed by atoms with Gasteiger partial charge in [-0.15, -0.1) is 0 Å². The molecule has 1 saturated heterocycles. The molecule has 1 aromatic heterocycles. The van der Waals surface area contributed by atoms with E-state index in [1.165, 1.54) is 6.07 Å². The molecule has 1 aliphatic rings. The van der Waals surface area contributed by atoms with Crippen LogP contribution in [0, 0.1) is 11.7 Å². The van der Waals surface area contributed by atoms with Gasteiger partial charge < -0.3 is 10.2 Å². The Hall–Kier alpha value is -3.06. The van der Waals surface area contributed by atoms with Gasteiger partial charge in [-0.2, -0.15) is 5.10 Å². The van der Waals surface area contributed by atoms with Crippen LogP contribution in [0.25, 0.3) is 10.8 Å². The topological polar surface area (TPSA) is 78.1 Å². The number of fused-ring (bicyclic) bond motifs is 1. The highest BCUT2D eigenvalue weighted by atomic mass is 19.1. The largest absolute Gasteiger partial charge is 0.335 e. The van der Waals surface area contributed by atoms with Crippen molar-refractivity contribution in [2.24, 2.45) is 5.92 Å². The smallest absolute Gasteiger partial charge is 0.272 e. The molecule has 1 fully saturated rings. The maximum Gasteiger partial charge on any atom is 0.272 e. The number of hydrogen-bond donors (Lipinski definition) is 2. The van der Waals surface area contributed by atoms with Crippen molar-refractivity contribution in [1.29, 1.82) is 0 Å². The number of amides is 1. The van der Waals surface area contributed by atoms with E-state index in [1.54, 1.807) is 29.2 Å². The second-order valence-corrected chi connectivity index (χ2v) is 8.25. The van der Waals surface area contributed by atoms with Gasteiger partial charge in [0.25, 0.3) is 11.5 Å². The van der Waals surface area contributed by atoms with Crippen molar-refractivity contribution in [2.75, 3.05) is 19.6 Å². The highest BCUT2D eigenvalue weighted by Crippen LogP contribution is 2.21. The number of nitrogens with zero attached hydrogens (tertiary/aromatic N) is 2. The summed E-state index contributed by atoms with van der Waals surface area (Å²) in [5.41, 5.74) is 1.27. The standard InChI is InChI=1S/C23H25FN4O2/c1-14(2)11-25-16-12-28(13-16)23(30)19-9-15(7-8-20(19)24)10-21-17-5-3-4-6-18(17)22(29)27-26-21/h3-9,14,16,25H,10-13H2,1-2H3,(H,27,29). The third-order valence-corrected chi connectivity index (χ3v) is 5.39. The second kappa shape index (κ2) is 8.36. The van der Waals surface area contributed by atoms with E-state index in [2.05, 4.69) is 29.4 Å². The first-order valence-electron chi connectivity index (χ1n) is 10.2. The number of hydrogen-bond acceptors (Lipinski definition) is 4. The Balaban J connectivity index is 1.51. The first-order valence-corrected chi connectivity index (χ1v) is 10.2. The summed E-state index contributed by atoms with van der Waals surface area (Å²) in [5.74, 6) is -0.278. The van der Waals surface area contributed by atoms with Crippen LogP contribution in [0.5, 0.6) is 0 Å². The normalized spacial score (nSPS) is 14.3. The molecule has 0 radical (unpaired) electrons. The summed E-state index contributed by atoms with van der Waals surface area (Å²) in [6.07, 6.45) is 0.385. The van der Waals surface area contributed by atoms with Crippen molar-refractivity contribution in [2.45, 2.75) is 26.3 Å². The van der Waals surface area contributed by atoms with Gasteiger partial charge in [0.2, 0.25) is 0 Å². The molecular formula is C23H25FN4O2. The molecule has 0 bridgehead atoms. The minimum Gasteiger partial charge on any atom is -0.335 e. The SMILES string of the molecule is CC(C)CNC1CN(C(=O)c2cc(Cc3n[nH]c(=O)c4ccccc34)ccc2F)C1. The minimum atomic E-state index is -0.526. The summed E-state index contributed by atoms with van der Waals surface area (Å²) in [4.78, 5) is 26.4. The second-order valence-electron chi connectivity index (χ2n) is 8.25. The number of aromatic amines is 1. The number of aromatic nitrogens is 2. The van der Waals surface area contributed by atoms with Crippen molar-refractivity contribution < 1.29 is 9.18 Å². The van der Waals surface area contributed by atoms with E-state index in [-0.39, 0.29) is 23.1 Å². The van der Waals surface area contributed by atoms with E-state index in [0.29, 0.717) is 36.5 Å². The van der Waals surface area contributed by atoms with Crippen LogP contribution in [0.4, 0.5) is 4.39 Å². The minimum absolute atomic E-state index is 0.0727. The van der Waals surface area contributed by atoms with Gasteiger partial charge in [-0.25, -0.2) is 9.49 Å². The van der Waals surface area contributed by atoms with Gasteiger partial charge in [-0.1, -0.05) is 38.1 Å². The Morgan fingerprint density at radius 1 is 1.23 bits per heavy atom. The van der Waals surface area contributed by atoms with Gasteiger partial charge in [-0.05, 0) is 36.2 Å². The Kier molecular flexibility index (Phi) is 5.63. The zero-order valence-corrected chi connectivity index (χ0v) is 17.1. The van der Waals surface area contributed by atoms with Gasteiger partial charge in [0.15, 0.2) is 0 Å². The molecule has 1 aliphatic heterocycles. The predicted molar refractivity (Wildman–Crippen MR) is 114 cm³/mol. The monoisotopic (exact) mass is 408 g/mol. The number of likely N-dealkylation sites (tertiary alicyclic amines) is 1. The lowest BCUT2D eigenvalue weighted by Crippen LogP contribution is -2.60.